The number of carbonyl (C=O) groups excluding carboxylic acids is 1. The quantitative estimate of drug-likeness (QED) is 0.364. The molecule has 1 rings (SSSR count). The molecule has 0 atom stereocenters. The molecule has 5 N–H and O–H groups in total. The number of benzene rings is 1. The van der Waals surface area contributed by atoms with Crippen LogP contribution in [0.2, 0.25) is 0 Å². The topological polar surface area (TPSA) is 112 Å². The molecule has 0 fully saturated rings. The van der Waals surface area contributed by atoms with Crippen molar-refractivity contribution >= 4 is 23.3 Å². The summed E-state index contributed by atoms with van der Waals surface area (Å²) in [7, 11) is 1.35. The first kappa shape index (κ1) is 13.4. The van der Waals surface area contributed by atoms with Crippen LogP contribution in [-0.4, -0.2) is 24.8 Å². The Kier molecular flexibility index (Phi) is 4.62. The van der Waals surface area contributed by atoms with Gasteiger partial charge in [-0.1, -0.05) is 12.1 Å². The molecule has 0 bridgehead atoms. The van der Waals surface area contributed by atoms with E-state index in [0.717, 1.165) is 0 Å². The molecule has 6 heteroatoms. The smallest absolute Gasteiger partial charge is 0.258 e. The minimum atomic E-state index is -0.466. The van der Waals surface area contributed by atoms with E-state index in [0.29, 0.717) is 11.3 Å². The fraction of sp³-hybridized carbons (Fsp3) is 0.0833. The van der Waals surface area contributed by atoms with Crippen LogP contribution >= 0.6 is 0 Å². The fourth-order valence-electron chi connectivity index (χ4n) is 1.16. The molecule has 0 aliphatic rings. The molecule has 0 heterocycles. The predicted molar refractivity (Wildman–Crippen MR) is 69.9 cm³/mol. The lowest BCUT2D eigenvalue weighted by atomic mass is 10.1. The molecule has 0 aromatic heterocycles. The van der Waals surface area contributed by atoms with Crippen LogP contribution < -0.4 is 11.1 Å². The lowest BCUT2D eigenvalue weighted by molar-refractivity contribution is 0.0978. The fourth-order valence-corrected chi connectivity index (χ4v) is 1.16. The van der Waals surface area contributed by atoms with E-state index in [2.05, 4.69) is 10.1 Å². The van der Waals surface area contributed by atoms with Crippen LogP contribution in [0.5, 0.6) is 0 Å². The van der Waals surface area contributed by atoms with Crippen molar-refractivity contribution in [3.63, 3.8) is 0 Å². The number of hydrogen-bond donors (Lipinski definition) is 4. The highest BCUT2D eigenvalue weighted by Crippen LogP contribution is 2.09. The lowest BCUT2D eigenvalue weighted by Crippen LogP contribution is -2.29. The summed E-state index contributed by atoms with van der Waals surface area (Å²) in [5, 5.41) is 17.0. The molecule has 0 aliphatic heterocycles. The summed E-state index contributed by atoms with van der Waals surface area (Å²) in [5.41, 5.74) is 6.28. The number of nitrogens with one attached hydrogen (secondary N) is 3. The van der Waals surface area contributed by atoms with Gasteiger partial charge in [0.25, 0.3) is 5.91 Å². The molecule has 0 radical (unpaired) electrons. The van der Waals surface area contributed by atoms with Crippen molar-refractivity contribution < 1.29 is 9.53 Å². The first-order valence-corrected chi connectivity index (χ1v) is 5.09. The average molecular weight is 246 g/mol. The van der Waals surface area contributed by atoms with E-state index in [9.17, 15) is 4.79 Å². The monoisotopic (exact) mass is 246 g/mol. The average Bonchev–Trinajstić information content (AvgIpc) is 2.36. The van der Waals surface area contributed by atoms with E-state index in [1.807, 2.05) is 0 Å². The standard InChI is InChI=1S/C12H14N4O2/c1-18-11(15)7-6-10(14)16-12(17)8-4-2-3-5-9(8)13/h2-7,15H,13H2,1H3,(H2,14,16,17)/b7-6-,15-11?. The van der Waals surface area contributed by atoms with Crippen LogP contribution in [-0.2, 0) is 4.74 Å². The van der Waals surface area contributed by atoms with Crippen molar-refractivity contribution in [1.29, 1.82) is 10.8 Å². The molecular weight excluding hydrogens is 232 g/mol. The Bertz CT molecular complexity index is 509. The van der Waals surface area contributed by atoms with Gasteiger partial charge >= 0.3 is 0 Å². The number of methoxy groups -OCH3 is 1. The minimum absolute atomic E-state index is 0.103. The molecule has 0 spiro atoms. The number of anilines is 1. The predicted octanol–water partition coefficient (Wildman–Crippen LogP) is 1.16. The number of para-hydroxylation sites is 1. The van der Waals surface area contributed by atoms with Gasteiger partial charge in [0.2, 0.25) is 5.90 Å². The Morgan fingerprint density at radius 3 is 2.61 bits per heavy atom. The molecule has 6 nitrogen and oxygen atoms in total. The second-order valence-electron chi connectivity index (χ2n) is 3.36. The van der Waals surface area contributed by atoms with E-state index < -0.39 is 5.91 Å². The van der Waals surface area contributed by atoms with Gasteiger partial charge in [-0.25, -0.2) is 0 Å². The van der Waals surface area contributed by atoms with E-state index in [-0.39, 0.29) is 11.7 Å². The van der Waals surface area contributed by atoms with E-state index >= 15 is 0 Å². The summed E-state index contributed by atoms with van der Waals surface area (Å²) in [4.78, 5) is 11.7. The molecule has 0 saturated carbocycles. The van der Waals surface area contributed by atoms with Crippen LogP contribution in [0, 0.1) is 10.8 Å². The molecule has 0 aliphatic carbocycles. The van der Waals surface area contributed by atoms with Crippen LogP contribution in [0.25, 0.3) is 0 Å². The summed E-state index contributed by atoms with van der Waals surface area (Å²) in [6, 6.07) is 6.58. The third-order valence-electron chi connectivity index (χ3n) is 2.07. The van der Waals surface area contributed by atoms with E-state index in [1.54, 1.807) is 24.3 Å². The number of rotatable bonds is 3. The van der Waals surface area contributed by atoms with Gasteiger partial charge in [0.1, 0.15) is 5.84 Å². The van der Waals surface area contributed by atoms with Crippen LogP contribution in [0.15, 0.2) is 36.4 Å². The van der Waals surface area contributed by atoms with Crippen molar-refractivity contribution in [1.82, 2.24) is 5.32 Å². The molecule has 1 aromatic carbocycles. The largest absolute Gasteiger partial charge is 0.481 e. The summed E-state index contributed by atoms with van der Waals surface area (Å²) in [6.07, 6.45) is 2.51. The zero-order valence-corrected chi connectivity index (χ0v) is 9.86. The zero-order valence-electron chi connectivity index (χ0n) is 9.86. The Hall–Kier alpha value is -2.63. The molecule has 94 valence electrons. The van der Waals surface area contributed by atoms with Crippen molar-refractivity contribution in [2.75, 3.05) is 12.8 Å². The van der Waals surface area contributed by atoms with Crippen LogP contribution in [0.3, 0.4) is 0 Å². The van der Waals surface area contributed by atoms with Crippen molar-refractivity contribution in [2.24, 2.45) is 0 Å². The number of nitrogen functional groups attached to an aromatic ring is 1. The highest BCUT2D eigenvalue weighted by atomic mass is 16.5. The Morgan fingerprint density at radius 1 is 1.33 bits per heavy atom. The second kappa shape index (κ2) is 6.19. The van der Waals surface area contributed by atoms with Gasteiger partial charge < -0.3 is 15.8 Å². The number of ether oxygens (including phenoxy) is 1. The number of carbonyl (C=O) groups is 1. The lowest BCUT2D eigenvalue weighted by Gasteiger charge is -2.05. The van der Waals surface area contributed by atoms with Gasteiger partial charge in [-0.05, 0) is 18.2 Å². The van der Waals surface area contributed by atoms with Crippen molar-refractivity contribution in [2.45, 2.75) is 0 Å². The maximum atomic E-state index is 11.7. The highest BCUT2D eigenvalue weighted by Gasteiger charge is 2.09. The minimum Gasteiger partial charge on any atom is -0.481 e. The van der Waals surface area contributed by atoms with Gasteiger partial charge in [0.05, 0.1) is 12.7 Å². The number of hydrogen-bond acceptors (Lipinski definition) is 5. The Morgan fingerprint density at radius 2 is 2.00 bits per heavy atom. The molecule has 18 heavy (non-hydrogen) atoms. The maximum absolute atomic E-state index is 11.7. The van der Waals surface area contributed by atoms with Crippen LogP contribution in [0.4, 0.5) is 5.69 Å². The Labute approximate surface area is 104 Å². The normalized spacial score (nSPS) is 10.1. The van der Waals surface area contributed by atoms with Gasteiger partial charge in [-0.3, -0.25) is 15.6 Å². The summed E-state index contributed by atoms with van der Waals surface area (Å²) >= 11 is 0. The summed E-state index contributed by atoms with van der Waals surface area (Å²) < 4.78 is 4.58. The zero-order chi connectivity index (χ0) is 13.5. The first-order valence-electron chi connectivity index (χ1n) is 5.09. The van der Waals surface area contributed by atoms with E-state index in [1.165, 1.54) is 19.3 Å². The Balaban J connectivity index is 2.66. The second-order valence-corrected chi connectivity index (χ2v) is 3.36. The third-order valence-corrected chi connectivity index (χ3v) is 2.07. The maximum Gasteiger partial charge on any atom is 0.258 e. The van der Waals surface area contributed by atoms with Gasteiger partial charge in [0.15, 0.2) is 0 Å². The summed E-state index contributed by atoms with van der Waals surface area (Å²) in [5.74, 6) is -0.718. The van der Waals surface area contributed by atoms with Gasteiger partial charge in [-0.2, -0.15) is 0 Å². The molecule has 1 aromatic rings. The molecular formula is C12H14N4O2. The number of amidine groups is 1. The van der Waals surface area contributed by atoms with E-state index in [4.69, 9.17) is 16.6 Å². The third kappa shape index (κ3) is 3.75. The van der Waals surface area contributed by atoms with Crippen molar-refractivity contribution in [3.8, 4) is 0 Å². The van der Waals surface area contributed by atoms with Crippen molar-refractivity contribution in [3.05, 3.63) is 42.0 Å². The van der Waals surface area contributed by atoms with Crippen LogP contribution in [0.1, 0.15) is 10.4 Å². The number of nitrogens with two attached hydrogens (primary N) is 1. The molecule has 0 saturated heterocycles. The summed E-state index contributed by atoms with van der Waals surface area (Å²) in [6.45, 7) is 0. The number of amides is 1. The first-order chi connectivity index (χ1) is 8.54. The van der Waals surface area contributed by atoms with Gasteiger partial charge in [0, 0.05) is 11.8 Å². The highest BCUT2D eigenvalue weighted by molar-refractivity contribution is 6.12. The SMILES string of the molecule is COC(=N)/C=C\C(=N)NC(=O)c1ccccc1N. The van der Waals surface area contributed by atoms with Gasteiger partial charge in [-0.15, -0.1) is 0 Å². The molecule has 1 amide bonds. The molecule has 0 unspecified atom stereocenters.